The number of rotatable bonds is 4. The van der Waals surface area contributed by atoms with Gasteiger partial charge in [0.25, 0.3) is 0 Å². The highest BCUT2D eigenvalue weighted by Gasteiger charge is 2.49. The highest BCUT2D eigenvalue weighted by molar-refractivity contribution is 6.30. The average Bonchev–Trinajstić information content (AvgIpc) is 3.49. The van der Waals surface area contributed by atoms with Gasteiger partial charge in [-0.25, -0.2) is 0 Å². The van der Waals surface area contributed by atoms with Gasteiger partial charge in [-0.15, -0.1) is 0 Å². The smallest absolute Gasteiger partial charge is 0.314 e. The normalized spacial score (nSPS) is 23.7. The number of amides is 1. The second-order valence-corrected chi connectivity index (χ2v) is 8.02. The number of halogens is 1. The van der Waals surface area contributed by atoms with Crippen molar-refractivity contribution >= 4 is 23.5 Å². The number of aliphatic carboxylic acids is 1. The molecule has 2 fully saturated rings. The minimum absolute atomic E-state index is 0.00230. The van der Waals surface area contributed by atoms with Gasteiger partial charge >= 0.3 is 5.97 Å². The molecule has 1 N–H and O–H groups in total. The summed E-state index contributed by atoms with van der Waals surface area (Å²) in [5, 5.41) is 10.6. The Morgan fingerprint density at radius 2 is 1.74 bits per heavy atom. The second-order valence-electron chi connectivity index (χ2n) is 7.58. The SMILES string of the molecule is O=C([C@@H]1C[C@H]1c1cccc(Cl)c1)N1CCC(C(=O)O)(c2ccccc2)CC1. The van der Waals surface area contributed by atoms with E-state index in [0.717, 1.165) is 17.5 Å². The van der Waals surface area contributed by atoms with Crippen LogP contribution in [0.15, 0.2) is 54.6 Å². The Morgan fingerprint density at radius 1 is 1.04 bits per heavy atom. The van der Waals surface area contributed by atoms with Gasteiger partial charge < -0.3 is 10.0 Å². The summed E-state index contributed by atoms with van der Waals surface area (Å²) in [5.41, 5.74) is 1.04. The summed E-state index contributed by atoms with van der Waals surface area (Å²) in [6.07, 6.45) is 1.75. The molecular weight excluding hydrogens is 362 g/mol. The van der Waals surface area contributed by atoms with Crippen LogP contribution in [0.5, 0.6) is 0 Å². The van der Waals surface area contributed by atoms with Crippen molar-refractivity contribution in [2.45, 2.75) is 30.6 Å². The first-order valence-electron chi connectivity index (χ1n) is 9.34. The van der Waals surface area contributed by atoms with Crippen molar-refractivity contribution in [2.75, 3.05) is 13.1 Å². The number of benzene rings is 2. The molecule has 2 aliphatic rings. The van der Waals surface area contributed by atoms with E-state index in [0.29, 0.717) is 31.0 Å². The van der Waals surface area contributed by atoms with E-state index in [-0.39, 0.29) is 17.7 Å². The van der Waals surface area contributed by atoms with Crippen LogP contribution >= 0.6 is 11.6 Å². The number of carbonyl (C=O) groups excluding carboxylic acids is 1. The third kappa shape index (κ3) is 3.34. The molecule has 27 heavy (non-hydrogen) atoms. The molecule has 0 radical (unpaired) electrons. The Bertz CT molecular complexity index is 859. The van der Waals surface area contributed by atoms with E-state index in [1.54, 1.807) is 0 Å². The number of carbonyl (C=O) groups is 2. The third-order valence-electron chi connectivity index (χ3n) is 6.05. The molecule has 4 nitrogen and oxygen atoms in total. The van der Waals surface area contributed by atoms with Crippen molar-refractivity contribution in [1.29, 1.82) is 0 Å². The second kappa shape index (κ2) is 7.01. The molecule has 5 heteroatoms. The zero-order valence-electron chi connectivity index (χ0n) is 15.0. The molecule has 1 aliphatic carbocycles. The highest BCUT2D eigenvalue weighted by atomic mass is 35.5. The lowest BCUT2D eigenvalue weighted by Crippen LogP contribution is -2.49. The quantitative estimate of drug-likeness (QED) is 0.865. The lowest BCUT2D eigenvalue weighted by Gasteiger charge is -2.39. The zero-order chi connectivity index (χ0) is 19.0. The molecule has 140 valence electrons. The molecule has 0 spiro atoms. The van der Waals surface area contributed by atoms with E-state index in [2.05, 4.69) is 0 Å². The first kappa shape index (κ1) is 18.1. The van der Waals surface area contributed by atoms with E-state index in [9.17, 15) is 14.7 Å². The molecule has 0 unspecified atom stereocenters. The molecule has 1 amide bonds. The van der Waals surface area contributed by atoms with Crippen LogP contribution in [0.25, 0.3) is 0 Å². The number of hydrogen-bond acceptors (Lipinski definition) is 2. The van der Waals surface area contributed by atoms with E-state index >= 15 is 0 Å². The first-order chi connectivity index (χ1) is 13.0. The van der Waals surface area contributed by atoms with E-state index in [1.165, 1.54) is 0 Å². The minimum Gasteiger partial charge on any atom is -0.481 e. The van der Waals surface area contributed by atoms with Crippen molar-refractivity contribution in [3.05, 3.63) is 70.7 Å². The number of nitrogens with zero attached hydrogens (tertiary/aromatic N) is 1. The van der Waals surface area contributed by atoms with Crippen LogP contribution in [-0.2, 0) is 15.0 Å². The Kier molecular flexibility index (Phi) is 4.68. The number of carboxylic acids is 1. The fraction of sp³-hybridized carbons (Fsp3) is 0.364. The molecule has 1 saturated carbocycles. The molecule has 0 bridgehead atoms. The van der Waals surface area contributed by atoms with Crippen molar-refractivity contribution < 1.29 is 14.7 Å². The molecule has 2 aromatic rings. The van der Waals surface area contributed by atoms with Crippen LogP contribution in [0.3, 0.4) is 0 Å². The van der Waals surface area contributed by atoms with Gasteiger partial charge in [0.1, 0.15) is 0 Å². The minimum atomic E-state index is -0.895. The molecule has 1 saturated heterocycles. The summed E-state index contributed by atoms with van der Waals surface area (Å²) in [6, 6.07) is 17.1. The van der Waals surface area contributed by atoms with Crippen LogP contribution in [-0.4, -0.2) is 35.0 Å². The van der Waals surface area contributed by atoms with Gasteiger partial charge in [0.2, 0.25) is 5.91 Å². The Morgan fingerprint density at radius 3 is 2.37 bits per heavy atom. The standard InChI is InChI=1S/C22H22ClNO3/c23-17-8-4-5-15(13-17)18-14-19(18)20(25)24-11-9-22(10-12-24,21(26)27)16-6-2-1-3-7-16/h1-8,13,18-19H,9-12,14H2,(H,26,27)/t18-,19+/m0/s1. The van der Waals surface area contributed by atoms with Crippen LogP contribution in [0.1, 0.15) is 36.3 Å². The predicted octanol–water partition coefficient (Wildman–Crippen LogP) is 4.09. The van der Waals surface area contributed by atoms with Crippen molar-refractivity contribution in [1.82, 2.24) is 4.90 Å². The summed E-state index contributed by atoms with van der Waals surface area (Å²) < 4.78 is 0. The number of hydrogen-bond donors (Lipinski definition) is 1. The molecule has 2 atom stereocenters. The lowest BCUT2D eigenvalue weighted by atomic mass is 9.73. The number of likely N-dealkylation sites (tertiary alicyclic amines) is 1. The third-order valence-corrected chi connectivity index (χ3v) is 6.28. The summed E-state index contributed by atoms with van der Waals surface area (Å²) in [7, 11) is 0. The fourth-order valence-electron chi connectivity index (χ4n) is 4.30. The van der Waals surface area contributed by atoms with Crippen molar-refractivity contribution in [2.24, 2.45) is 5.92 Å². The first-order valence-corrected chi connectivity index (χ1v) is 9.72. The molecule has 2 aromatic carbocycles. The Hall–Kier alpha value is -2.33. The maximum Gasteiger partial charge on any atom is 0.314 e. The number of carboxylic acid groups (broad SMARTS) is 1. The fourth-order valence-corrected chi connectivity index (χ4v) is 4.50. The van der Waals surface area contributed by atoms with Crippen molar-refractivity contribution in [3.8, 4) is 0 Å². The molecule has 4 rings (SSSR count). The topological polar surface area (TPSA) is 57.6 Å². The van der Waals surface area contributed by atoms with Gasteiger partial charge in [-0.2, -0.15) is 0 Å². The van der Waals surface area contributed by atoms with Crippen LogP contribution in [0, 0.1) is 5.92 Å². The van der Waals surface area contributed by atoms with E-state index < -0.39 is 11.4 Å². The lowest BCUT2D eigenvalue weighted by molar-refractivity contribution is -0.148. The van der Waals surface area contributed by atoms with Crippen molar-refractivity contribution in [3.63, 3.8) is 0 Å². The molecule has 0 aromatic heterocycles. The monoisotopic (exact) mass is 383 g/mol. The largest absolute Gasteiger partial charge is 0.481 e. The predicted molar refractivity (Wildman–Crippen MR) is 104 cm³/mol. The highest BCUT2D eigenvalue weighted by Crippen LogP contribution is 2.49. The molecule has 1 aliphatic heterocycles. The summed E-state index contributed by atoms with van der Waals surface area (Å²) in [4.78, 5) is 26.8. The zero-order valence-corrected chi connectivity index (χ0v) is 15.7. The van der Waals surface area contributed by atoms with Gasteiger partial charge in [0, 0.05) is 24.0 Å². The molecule has 1 heterocycles. The van der Waals surface area contributed by atoms with Crippen LogP contribution in [0.2, 0.25) is 5.02 Å². The van der Waals surface area contributed by atoms with E-state index in [1.807, 2.05) is 59.5 Å². The maximum absolute atomic E-state index is 12.9. The van der Waals surface area contributed by atoms with Gasteiger partial charge in [-0.05, 0) is 48.4 Å². The summed E-state index contributed by atoms with van der Waals surface area (Å²) >= 11 is 6.06. The Labute approximate surface area is 163 Å². The van der Waals surface area contributed by atoms with Gasteiger partial charge in [0.05, 0.1) is 5.41 Å². The van der Waals surface area contributed by atoms with Gasteiger partial charge in [0.15, 0.2) is 0 Å². The van der Waals surface area contributed by atoms with Gasteiger partial charge in [-0.3, -0.25) is 9.59 Å². The van der Waals surface area contributed by atoms with Crippen LogP contribution < -0.4 is 0 Å². The summed E-state index contributed by atoms with van der Waals surface area (Å²) in [5.74, 6) is -0.426. The van der Waals surface area contributed by atoms with E-state index in [4.69, 9.17) is 11.6 Å². The number of piperidine rings is 1. The summed E-state index contributed by atoms with van der Waals surface area (Å²) in [6.45, 7) is 0.970. The average molecular weight is 384 g/mol. The molecular formula is C22H22ClNO3. The van der Waals surface area contributed by atoms with Gasteiger partial charge in [-0.1, -0.05) is 54.1 Å². The van der Waals surface area contributed by atoms with Crippen LogP contribution in [0.4, 0.5) is 0 Å². The maximum atomic E-state index is 12.9. The Balaban J connectivity index is 1.43.